The van der Waals surface area contributed by atoms with Crippen molar-refractivity contribution in [3.05, 3.63) is 77.9 Å². The van der Waals surface area contributed by atoms with E-state index in [-0.39, 0.29) is 17.8 Å². The molecule has 3 aromatic rings. The van der Waals surface area contributed by atoms with E-state index >= 15 is 0 Å². The summed E-state index contributed by atoms with van der Waals surface area (Å²) in [6, 6.07) is 15.0. The largest absolute Gasteiger partial charge is 0.341 e. The summed E-state index contributed by atoms with van der Waals surface area (Å²) >= 11 is 0. The van der Waals surface area contributed by atoms with Crippen molar-refractivity contribution >= 4 is 5.91 Å². The van der Waals surface area contributed by atoms with Gasteiger partial charge in [-0.2, -0.15) is 0 Å². The Morgan fingerprint density at radius 1 is 1.17 bits per heavy atom. The number of imidazole rings is 1. The summed E-state index contributed by atoms with van der Waals surface area (Å²) in [5.74, 6) is 0.748. The number of rotatable bonds is 6. The van der Waals surface area contributed by atoms with Gasteiger partial charge < -0.3 is 9.47 Å². The van der Waals surface area contributed by atoms with Crippen LogP contribution in [0.1, 0.15) is 44.7 Å². The number of hydrogen-bond donors (Lipinski definition) is 0. The van der Waals surface area contributed by atoms with E-state index in [1.54, 1.807) is 6.20 Å². The Bertz CT molecular complexity index is 1020. The molecule has 0 N–H and O–H groups in total. The van der Waals surface area contributed by atoms with Gasteiger partial charge in [0.15, 0.2) is 0 Å². The highest BCUT2D eigenvalue weighted by atomic mass is 19.1. The Labute approximate surface area is 171 Å². The van der Waals surface area contributed by atoms with E-state index in [4.69, 9.17) is 0 Å². The Balaban J connectivity index is 1.83. The van der Waals surface area contributed by atoms with E-state index in [9.17, 15) is 9.18 Å². The first kappa shape index (κ1) is 19.4. The molecule has 2 heterocycles. The molecule has 0 saturated heterocycles. The van der Waals surface area contributed by atoms with Crippen molar-refractivity contribution < 1.29 is 9.18 Å². The van der Waals surface area contributed by atoms with Crippen molar-refractivity contribution in [3.8, 4) is 11.4 Å². The molecule has 1 aliphatic heterocycles. The second-order valence-corrected chi connectivity index (χ2v) is 7.81. The van der Waals surface area contributed by atoms with Crippen LogP contribution in [0.3, 0.4) is 0 Å². The third kappa shape index (κ3) is 3.05. The fourth-order valence-electron chi connectivity index (χ4n) is 4.66. The van der Waals surface area contributed by atoms with Gasteiger partial charge in [0.25, 0.3) is 0 Å². The minimum atomic E-state index is -0.581. The van der Waals surface area contributed by atoms with Crippen LogP contribution in [-0.4, -0.2) is 32.9 Å². The van der Waals surface area contributed by atoms with Gasteiger partial charge in [0.05, 0.1) is 5.54 Å². The number of hydrogen-bond acceptors (Lipinski definition) is 2. The molecule has 150 valence electrons. The van der Waals surface area contributed by atoms with Crippen LogP contribution >= 0.6 is 0 Å². The van der Waals surface area contributed by atoms with Crippen molar-refractivity contribution in [3.63, 3.8) is 0 Å². The number of carbonyl (C=O) groups is 1. The number of benzene rings is 2. The SMILES string of the molecule is CCN(C(=O)CCC1(c2ccc(F)cc2)c2ccccc2-c2nccn21)C(C)C. The molecule has 5 heteroatoms. The zero-order valence-corrected chi connectivity index (χ0v) is 17.1. The lowest BCUT2D eigenvalue weighted by Crippen LogP contribution is -2.39. The van der Waals surface area contributed by atoms with E-state index in [2.05, 4.69) is 21.7 Å². The topological polar surface area (TPSA) is 38.1 Å². The van der Waals surface area contributed by atoms with Gasteiger partial charge in [-0.3, -0.25) is 4.79 Å². The molecule has 1 unspecified atom stereocenters. The second-order valence-electron chi connectivity index (χ2n) is 7.81. The predicted octanol–water partition coefficient (Wildman–Crippen LogP) is 4.83. The number of amides is 1. The maximum atomic E-state index is 13.7. The molecule has 1 aromatic heterocycles. The van der Waals surface area contributed by atoms with Crippen LogP contribution in [-0.2, 0) is 10.3 Å². The number of halogens is 1. The molecule has 0 aliphatic carbocycles. The molecule has 4 nitrogen and oxygen atoms in total. The zero-order chi connectivity index (χ0) is 20.6. The van der Waals surface area contributed by atoms with E-state index in [1.807, 2.05) is 56.1 Å². The Kier molecular flexibility index (Phi) is 4.99. The Morgan fingerprint density at radius 2 is 1.90 bits per heavy atom. The summed E-state index contributed by atoms with van der Waals surface area (Å²) in [6.07, 6.45) is 4.73. The molecule has 0 fully saturated rings. The minimum absolute atomic E-state index is 0.134. The maximum absolute atomic E-state index is 13.7. The molecular weight excluding hydrogens is 365 g/mol. The second kappa shape index (κ2) is 7.47. The fourth-order valence-corrected chi connectivity index (χ4v) is 4.66. The third-order valence-corrected chi connectivity index (χ3v) is 5.97. The molecule has 1 amide bonds. The summed E-state index contributed by atoms with van der Waals surface area (Å²) < 4.78 is 15.8. The molecule has 0 radical (unpaired) electrons. The lowest BCUT2D eigenvalue weighted by molar-refractivity contribution is -0.133. The highest BCUT2D eigenvalue weighted by Crippen LogP contribution is 2.49. The Hall–Kier alpha value is -2.95. The summed E-state index contributed by atoms with van der Waals surface area (Å²) in [4.78, 5) is 19.5. The van der Waals surface area contributed by atoms with E-state index in [1.165, 1.54) is 12.1 Å². The number of fused-ring (bicyclic) bond motifs is 3. The zero-order valence-electron chi connectivity index (χ0n) is 17.1. The van der Waals surface area contributed by atoms with Crippen LogP contribution in [0.5, 0.6) is 0 Å². The summed E-state index contributed by atoms with van der Waals surface area (Å²) in [5, 5.41) is 0. The molecule has 1 aliphatic rings. The Morgan fingerprint density at radius 3 is 2.59 bits per heavy atom. The number of aromatic nitrogens is 2. The van der Waals surface area contributed by atoms with Gasteiger partial charge in [-0.05, 0) is 50.5 Å². The van der Waals surface area contributed by atoms with E-state index in [0.29, 0.717) is 19.4 Å². The van der Waals surface area contributed by atoms with Gasteiger partial charge in [-0.25, -0.2) is 9.37 Å². The molecule has 4 rings (SSSR count). The molecule has 0 saturated carbocycles. The first-order valence-corrected chi connectivity index (χ1v) is 10.2. The van der Waals surface area contributed by atoms with Crippen LogP contribution in [0.2, 0.25) is 0 Å². The molecule has 29 heavy (non-hydrogen) atoms. The predicted molar refractivity (Wildman–Crippen MR) is 112 cm³/mol. The summed E-state index contributed by atoms with van der Waals surface area (Å²) in [6.45, 7) is 6.77. The fraction of sp³-hybridized carbons (Fsp3) is 0.333. The average Bonchev–Trinajstić information content (AvgIpc) is 3.29. The van der Waals surface area contributed by atoms with Crippen LogP contribution in [0.25, 0.3) is 11.4 Å². The van der Waals surface area contributed by atoms with Crippen molar-refractivity contribution in [1.82, 2.24) is 14.5 Å². The number of nitrogens with zero attached hydrogens (tertiary/aromatic N) is 3. The smallest absolute Gasteiger partial charge is 0.222 e. The lowest BCUT2D eigenvalue weighted by atomic mass is 9.79. The average molecular weight is 391 g/mol. The third-order valence-electron chi connectivity index (χ3n) is 5.97. The van der Waals surface area contributed by atoms with Gasteiger partial charge in [0.1, 0.15) is 11.6 Å². The summed E-state index contributed by atoms with van der Waals surface area (Å²) in [7, 11) is 0. The van der Waals surface area contributed by atoms with Crippen molar-refractivity contribution in [2.24, 2.45) is 0 Å². The lowest BCUT2D eigenvalue weighted by Gasteiger charge is -2.35. The highest BCUT2D eigenvalue weighted by Gasteiger charge is 2.45. The standard InChI is InChI=1S/C24H26FN3O/c1-4-27(17(2)3)22(29)13-14-24(18-9-11-19(25)12-10-18)21-8-6-5-7-20(21)23-26-15-16-28(23)24/h5-12,15-17H,4,13-14H2,1-3H3. The molecule has 2 aromatic carbocycles. The van der Waals surface area contributed by atoms with Gasteiger partial charge >= 0.3 is 0 Å². The quantitative estimate of drug-likeness (QED) is 0.604. The first-order chi connectivity index (χ1) is 14.0. The van der Waals surface area contributed by atoms with Gasteiger partial charge in [-0.15, -0.1) is 0 Å². The van der Waals surface area contributed by atoms with E-state index in [0.717, 1.165) is 22.5 Å². The van der Waals surface area contributed by atoms with Gasteiger partial charge in [0, 0.05) is 37.0 Å². The number of carbonyl (C=O) groups excluding carboxylic acids is 1. The molecule has 0 bridgehead atoms. The monoisotopic (exact) mass is 391 g/mol. The minimum Gasteiger partial charge on any atom is -0.341 e. The normalized spacial score (nSPS) is 17.3. The van der Waals surface area contributed by atoms with Crippen LogP contribution in [0.4, 0.5) is 4.39 Å². The van der Waals surface area contributed by atoms with Crippen molar-refractivity contribution in [2.45, 2.75) is 45.2 Å². The van der Waals surface area contributed by atoms with Crippen LogP contribution < -0.4 is 0 Å². The van der Waals surface area contributed by atoms with Crippen molar-refractivity contribution in [2.75, 3.05) is 6.54 Å². The van der Waals surface area contributed by atoms with Gasteiger partial charge in [0.2, 0.25) is 5.91 Å². The van der Waals surface area contributed by atoms with Gasteiger partial charge in [-0.1, -0.05) is 36.4 Å². The molecule has 1 atom stereocenters. The van der Waals surface area contributed by atoms with E-state index < -0.39 is 5.54 Å². The maximum Gasteiger partial charge on any atom is 0.222 e. The van der Waals surface area contributed by atoms with Crippen molar-refractivity contribution in [1.29, 1.82) is 0 Å². The highest BCUT2D eigenvalue weighted by molar-refractivity contribution is 5.77. The van der Waals surface area contributed by atoms with Crippen LogP contribution in [0, 0.1) is 5.82 Å². The first-order valence-electron chi connectivity index (χ1n) is 10.2. The molecule has 0 spiro atoms. The molecular formula is C24H26FN3O. The van der Waals surface area contributed by atoms with Crippen LogP contribution in [0.15, 0.2) is 60.9 Å². The summed E-state index contributed by atoms with van der Waals surface area (Å²) in [5.41, 5.74) is 2.55.